The normalized spacial score (nSPS) is 14.9. The van der Waals surface area contributed by atoms with E-state index in [-0.39, 0.29) is 48.8 Å². The van der Waals surface area contributed by atoms with Crippen molar-refractivity contribution in [2.75, 3.05) is 14.1 Å². The van der Waals surface area contributed by atoms with Crippen LogP contribution in [0.2, 0.25) is 0 Å². The molecular weight excluding hydrogens is 763 g/mol. The summed E-state index contributed by atoms with van der Waals surface area (Å²) in [6, 6.07) is 11.6. The number of Topliss-reactive ketones (excluding diaryl/α,β-unsaturated/α-hetero) is 1. The summed E-state index contributed by atoms with van der Waals surface area (Å²) in [6.45, 7) is 16.8. The summed E-state index contributed by atoms with van der Waals surface area (Å²) in [5.74, 6) is -5.11. The summed E-state index contributed by atoms with van der Waals surface area (Å²) in [5.41, 5.74) is 8.09. The van der Waals surface area contributed by atoms with Crippen molar-refractivity contribution in [2.45, 2.75) is 137 Å². The first-order chi connectivity index (χ1) is 28.2. The number of rotatable bonds is 25. The molecule has 0 bridgehead atoms. The van der Waals surface area contributed by atoms with Gasteiger partial charge in [-0.15, -0.1) is 0 Å². The molecule has 7 atom stereocenters. The number of likely N-dealkylation sites (N-methyl/N-ethyl adjacent to an activating group) is 2. The van der Waals surface area contributed by atoms with E-state index in [4.69, 9.17) is 5.73 Å². The fraction of sp³-hybridized carbons (Fsp3) is 0.587. The fourth-order valence-corrected chi connectivity index (χ4v) is 7.02. The van der Waals surface area contributed by atoms with Gasteiger partial charge in [0, 0.05) is 31.8 Å². The molecule has 0 aliphatic carbocycles. The second-order valence-electron chi connectivity index (χ2n) is 17.2. The van der Waals surface area contributed by atoms with Crippen LogP contribution in [0.1, 0.15) is 97.8 Å². The highest BCUT2D eigenvalue weighted by molar-refractivity contribution is 5.97. The lowest BCUT2D eigenvalue weighted by Crippen LogP contribution is -2.59. The molecule has 0 heterocycles. The Bertz CT molecular complexity index is 1730. The lowest BCUT2D eigenvalue weighted by atomic mass is 9.87. The maximum atomic E-state index is 14.4. The molecule has 2 aromatic rings. The van der Waals surface area contributed by atoms with E-state index in [0.717, 1.165) is 16.7 Å². The van der Waals surface area contributed by atoms with Crippen LogP contribution in [0.4, 0.5) is 0 Å². The number of carbonyl (C=O) groups is 7. The first-order valence-corrected chi connectivity index (χ1v) is 21.2. The Hall–Kier alpha value is -5.11. The molecule has 0 saturated carbocycles. The van der Waals surface area contributed by atoms with Crippen molar-refractivity contribution < 1.29 is 33.6 Å². The van der Waals surface area contributed by atoms with Crippen molar-refractivity contribution in [3.63, 3.8) is 0 Å². The molecule has 0 spiro atoms. The van der Waals surface area contributed by atoms with E-state index in [1.54, 1.807) is 34.9 Å². The molecule has 7 unspecified atom stereocenters. The van der Waals surface area contributed by atoms with Crippen molar-refractivity contribution in [1.29, 1.82) is 0 Å². The molecule has 6 amide bonds. The molecule has 0 fully saturated rings. The number of nitrogens with one attached hydrogen (secondary N) is 5. The van der Waals surface area contributed by atoms with Crippen LogP contribution in [0.25, 0.3) is 0 Å². The second-order valence-corrected chi connectivity index (χ2v) is 17.2. The molecule has 0 aromatic heterocycles. The topological polar surface area (TPSA) is 209 Å². The average Bonchev–Trinajstić information content (AvgIpc) is 3.18. The van der Waals surface area contributed by atoms with Gasteiger partial charge in [0.05, 0.1) is 18.5 Å². The van der Waals surface area contributed by atoms with Crippen molar-refractivity contribution >= 4 is 41.2 Å². The molecule has 332 valence electrons. The Morgan fingerprint density at radius 3 is 1.72 bits per heavy atom. The van der Waals surface area contributed by atoms with Crippen LogP contribution >= 0.6 is 0 Å². The van der Waals surface area contributed by atoms with Gasteiger partial charge in [-0.25, -0.2) is 0 Å². The Kier molecular flexibility index (Phi) is 21.1. The van der Waals surface area contributed by atoms with Gasteiger partial charge in [-0.1, -0.05) is 109 Å². The van der Waals surface area contributed by atoms with Crippen LogP contribution in [0.5, 0.6) is 0 Å². The Morgan fingerprint density at radius 2 is 1.20 bits per heavy atom. The minimum absolute atomic E-state index is 0.000600. The van der Waals surface area contributed by atoms with Gasteiger partial charge in [-0.3, -0.25) is 33.6 Å². The molecule has 14 nitrogen and oxygen atoms in total. The number of primary amides is 1. The zero-order valence-corrected chi connectivity index (χ0v) is 37.6. The monoisotopic (exact) mass is 834 g/mol. The van der Waals surface area contributed by atoms with Gasteiger partial charge in [0.25, 0.3) is 0 Å². The van der Waals surface area contributed by atoms with Gasteiger partial charge in [0.15, 0.2) is 5.78 Å². The third-order valence-electron chi connectivity index (χ3n) is 10.8. The maximum absolute atomic E-state index is 14.4. The van der Waals surface area contributed by atoms with Crippen molar-refractivity contribution in [2.24, 2.45) is 29.4 Å². The fourth-order valence-electron chi connectivity index (χ4n) is 7.02. The number of amides is 6. The second kappa shape index (κ2) is 24.8. The van der Waals surface area contributed by atoms with Gasteiger partial charge in [-0.2, -0.15) is 0 Å². The highest BCUT2D eigenvalue weighted by atomic mass is 16.2. The molecule has 2 rings (SSSR count). The van der Waals surface area contributed by atoms with Gasteiger partial charge in [-0.05, 0) is 69.0 Å². The summed E-state index contributed by atoms with van der Waals surface area (Å²) in [5, 5.41) is 14.1. The lowest BCUT2D eigenvalue weighted by Gasteiger charge is -2.33. The van der Waals surface area contributed by atoms with Gasteiger partial charge in [0.2, 0.25) is 35.4 Å². The zero-order valence-electron chi connectivity index (χ0n) is 37.6. The number of aryl methyl sites for hydroxylation is 1. The van der Waals surface area contributed by atoms with E-state index in [9.17, 15) is 33.6 Å². The standard InChI is InChI=1S/C46H71N7O7/c1-12-31(9)49-43(57)36(26-39(47)55)51-45(59)40(28(4)5)52-44(58)35(23-32-16-14-13-15-17-32)50-42(56)34(22-27(2)3)25-38(54)37(24-33-20-18-30(8)19-21-33)53(11)46(60)41(48-10)29(6)7/h13-21,27-29,31,34-37,40-41,48H,12,22-26H2,1-11H3,(H2,47,55)(H,49,57)(H,50,56)(H,51,59)(H,52,58). The number of carbonyl (C=O) groups excluding carboxylic acids is 7. The van der Waals surface area contributed by atoms with Crippen LogP contribution in [0, 0.1) is 30.6 Å². The highest BCUT2D eigenvalue weighted by Crippen LogP contribution is 2.22. The first-order valence-electron chi connectivity index (χ1n) is 21.2. The number of benzene rings is 2. The summed E-state index contributed by atoms with van der Waals surface area (Å²) < 4.78 is 0. The Morgan fingerprint density at radius 1 is 0.650 bits per heavy atom. The van der Waals surface area contributed by atoms with Crippen LogP contribution in [0.3, 0.4) is 0 Å². The van der Waals surface area contributed by atoms with E-state index in [2.05, 4.69) is 26.6 Å². The largest absolute Gasteiger partial charge is 0.370 e. The predicted molar refractivity (Wildman–Crippen MR) is 234 cm³/mol. The van der Waals surface area contributed by atoms with Crippen LogP contribution < -0.4 is 32.3 Å². The minimum atomic E-state index is -1.27. The minimum Gasteiger partial charge on any atom is -0.370 e. The smallest absolute Gasteiger partial charge is 0.243 e. The quantitative estimate of drug-likeness (QED) is 0.0872. The molecule has 0 aliphatic heterocycles. The van der Waals surface area contributed by atoms with Gasteiger partial charge >= 0.3 is 0 Å². The molecule has 0 aliphatic rings. The highest BCUT2D eigenvalue weighted by Gasteiger charge is 2.37. The van der Waals surface area contributed by atoms with Crippen LogP contribution in [-0.2, 0) is 46.4 Å². The third kappa shape index (κ3) is 16.5. The van der Waals surface area contributed by atoms with Crippen LogP contribution in [0.15, 0.2) is 54.6 Å². The molecule has 7 N–H and O–H groups in total. The summed E-state index contributed by atoms with van der Waals surface area (Å²) in [4.78, 5) is 96.9. The van der Waals surface area contributed by atoms with E-state index < -0.39 is 78.0 Å². The molecule has 2 aromatic carbocycles. The van der Waals surface area contributed by atoms with Crippen molar-refractivity contribution in [3.05, 3.63) is 71.3 Å². The number of nitrogens with zero attached hydrogens (tertiary/aromatic N) is 1. The average molecular weight is 834 g/mol. The first kappa shape index (κ1) is 51.0. The molecule has 0 saturated heterocycles. The lowest BCUT2D eigenvalue weighted by molar-refractivity contribution is -0.141. The number of hydrogen-bond acceptors (Lipinski definition) is 8. The molecule has 0 radical (unpaired) electrons. The predicted octanol–water partition coefficient (Wildman–Crippen LogP) is 3.37. The van der Waals surface area contributed by atoms with Gasteiger partial charge < -0.3 is 37.2 Å². The van der Waals surface area contributed by atoms with Gasteiger partial charge in [0.1, 0.15) is 18.1 Å². The Balaban J connectivity index is 2.47. The van der Waals surface area contributed by atoms with E-state index in [1.165, 1.54) is 4.90 Å². The maximum Gasteiger partial charge on any atom is 0.243 e. The molecule has 14 heteroatoms. The van der Waals surface area contributed by atoms with Crippen molar-refractivity contribution in [1.82, 2.24) is 31.5 Å². The third-order valence-corrected chi connectivity index (χ3v) is 10.8. The SMILES string of the molecule is CCC(C)NC(=O)C(CC(N)=O)NC(=O)C(NC(=O)C(Cc1ccccc1)NC(=O)C(CC(=O)C(Cc1ccc(C)cc1)N(C)C(=O)C(NC)C(C)C)CC(C)C)C(C)C. The molecule has 60 heavy (non-hydrogen) atoms. The number of hydrogen-bond donors (Lipinski definition) is 6. The van der Waals surface area contributed by atoms with Crippen LogP contribution in [-0.4, -0.2) is 96.5 Å². The van der Waals surface area contributed by atoms with E-state index >= 15 is 0 Å². The number of nitrogens with two attached hydrogens (primary N) is 1. The summed E-state index contributed by atoms with van der Waals surface area (Å²) in [7, 11) is 3.33. The summed E-state index contributed by atoms with van der Waals surface area (Å²) >= 11 is 0. The van der Waals surface area contributed by atoms with E-state index in [0.29, 0.717) is 12.8 Å². The van der Waals surface area contributed by atoms with E-state index in [1.807, 2.05) is 96.1 Å². The zero-order chi connectivity index (χ0) is 45.3. The molecular formula is C46H71N7O7. The Labute approximate surface area is 357 Å². The van der Waals surface area contributed by atoms with Crippen molar-refractivity contribution in [3.8, 4) is 0 Å². The number of ketones is 1. The summed E-state index contributed by atoms with van der Waals surface area (Å²) in [6.07, 6.45) is 0.647.